The third kappa shape index (κ3) is 3.07. The molecule has 0 aliphatic carbocycles. The van der Waals surface area contributed by atoms with Gasteiger partial charge in [0.05, 0.1) is 5.56 Å². The van der Waals surface area contributed by atoms with Crippen LogP contribution in [0.15, 0.2) is 24.3 Å². The van der Waals surface area contributed by atoms with Gasteiger partial charge in [-0.15, -0.1) is 0 Å². The van der Waals surface area contributed by atoms with Crippen LogP contribution in [0.3, 0.4) is 0 Å². The zero-order valence-electron chi connectivity index (χ0n) is 11.1. The van der Waals surface area contributed by atoms with Gasteiger partial charge in [-0.3, -0.25) is 4.79 Å². The van der Waals surface area contributed by atoms with E-state index in [1.54, 1.807) is 0 Å². The minimum absolute atomic E-state index is 0.122. The molecule has 0 aliphatic heterocycles. The molecule has 1 heterocycles. The zero-order chi connectivity index (χ0) is 16.5. The van der Waals surface area contributed by atoms with Crippen LogP contribution < -0.4 is 4.74 Å². The predicted molar refractivity (Wildman–Crippen MR) is 65.1 cm³/mol. The molecule has 1 aromatic heterocycles. The first kappa shape index (κ1) is 15.9. The van der Waals surface area contributed by atoms with Crippen molar-refractivity contribution < 1.29 is 31.5 Å². The van der Waals surface area contributed by atoms with Crippen molar-refractivity contribution in [2.45, 2.75) is 12.6 Å². The highest BCUT2D eigenvalue weighted by Crippen LogP contribution is 2.34. The molecule has 4 nitrogen and oxygen atoms in total. The van der Waals surface area contributed by atoms with Crippen LogP contribution >= 0.6 is 0 Å². The lowest BCUT2D eigenvalue weighted by Crippen LogP contribution is -2.05. The number of hydrogen-bond acceptors (Lipinski definition) is 3. The fraction of sp³-hybridized carbons (Fsp3) is 0.231. The smallest absolute Gasteiger partial charge is 0.416 e. The fourth-order valence-electron chi connectivity index (χ4n) is 1.79. The van der Waals surface area contributed by atoms with Gasteiger partial charge in [0.25, 0.3) is 6.43 Å². The van der Waals surface area contributed by atoms with Gasteiger partial charge in [0.1, 0.15) is 17.0 Å². The van der Waals surface area contributed by atoms with Crippen LogP contribution in [0.1, 0.15) is 28.0 Å². The van der Waals surface area contributed by atoms with Crippen LogP contribution in [-0.2, 0) is 13.2 Å². The average Bonchev–Trinajstić information content (AvgIpc) is 2.75. The maximum absolute atomic E-state index is 12.7. The first-order valence-electron chi connectivity index (χ1n) is 5.89. The average molecular weight is 320 g/mol. The molecule has 9 heteroatoms. The lowest BCUT2D eigenvalue weighted by atomic mass is 10.2. The molecular formula is C13H9F5N2O2. The van der Waals surface area contributed by atoms with Crippen molar-refractivity contribution >= 4 is 6.29 Å². The monoisotopic (exact) mass is 320 g/mol. The number of aryl methyl sites for hydroxylation is 1. The number of carbonyl (C=O) groups excluding carboxylic acids is 1. The highest BCUT2D eigenvalue weighted by Gasteiger charge is 2.31. The second-order valence-electron chi connectivity index (χ2n) is 4.27. The van der Waals surface area contributed by atoms with Gasteiger partial charge in [-0.25, -0.2) is 13.5 Å². The number of alkyl halides is 5. The molecule has 0 radical (unpaired) electrons. The van der Waals surface area contributed by atoms with Crippen molar-refractivity contribution in [3.05, 3.63) is 41.1 Å². The highest BCUT2D eigenvalue weighted by atomic mass is 19.4. The van der Waals surface area contributed by atoms with E-state index in [4.69, 9.17) is 4.74 Å². The second-order valence-corrected chi connectivity index (χ2v) is 4.27. The Kier molecular flexibility index (Phi) is 4.16. The molecule has 0 N–H and O–H groups in total. The number of halogens is 5. The lowest BCUT2D eigenvalue weighted by molar-refractivity contribution is -0.137. The van der Waals surface area contributed by atoms with E-state index < -0.39 is 29.4 Å². The molecule has 0 unspecified atom stereocenters. The third-order valence-corrected chi connectivity index (χ3v) is 2.76. The van der Waals surface area contributed by atoms with E-state index in [1.165, 1.54) is 13.1 Å². The van der Waals surface area contributed by atoms with Gasteiger partial charge in [-0.1, -0.05) is 6.07 Å². The Morgan fingerprint density at radius 1 is 1.32 bits per heavy atom. The minimum Gasteiger partial charge on any atom is -0.439 e. The summed E-state index contributed by atoms with van der Waals surface area (Å²) in [5.41, 5.74) is -2.26. The molecule has 2 rings (SSSR count). The first-order chi connectivity index (χ1) is 10.2. The van der Waals surface area contributed by atoms with Gasteiger partial charge in [0.15, 0.2) is 6.29 Å². The molecule has 0 amide bonds. The number of rotatable bonds is 4. The summed E-state index contributed by atoms with van der Waals surface area (Å²) in [4.78, 5) is 10.9. The summed E-state index contributed by atoms with van der Waals surface area (Å²) in [5.74, 6) is -0.605. The van der Waals surface area contributed by atoms with Crippen molar-refractivity contribution in [2.75, 3.05) is 0 Å². The molecule has 0 bridgehead atoms. The molecule has 0 aliphatic rings. The maximum Gasteiger partial charge on any atom is 0.416 e. The molecule has 0 fully saturated rings. The molecule has 0 spiro atoms. The molecule has 0 saturated heterocycles. The summed E-state index contributed by atoms with van der Waals surface area (Å²) < 4.78 is 69.3. The Balaban J connectivity index is 2.42. The summed E-state index contributed by atoms with van der Waals surface area (Å²) in [7, 11) is 1.24. The number of benzene rings is 1. The van der Waals surface area contributed by atoms with E-state index in [2.05, 4.69) is 5.10 Å². The van der Waals surface area contributed by atoms with E-state index in [0.29, 0.717) is 6.07 Å². The van der Waals surface area contributed by atoms with Crippen LogP contribution in [-0.4, -0.2) is 16.1 Å². The lowest BCUT2D eigenvalue weighted by Gasteiger charge is -2.10. The van der Waals surface area contributed by atoms with Crippen molar-refractivity contribution in [3.63, 3.8) is 0 Å². The van der Waals surface area contributed by atoms with Gasteiger partial charge in [0, 0.05) is 7.05 Å². The summed E-state index contributed by atoms with van der Waals surface area (Å²) in [6.45, 7) is 0. The van der Waals surface area contributed by atoms with E-state index in [1.807, 2.05) is 0 Å². The number of ether oxygens (including phenoxy) is 1. The Morgan fingerprint density at radius 3 is 2.55 bits per heavy atom. The van der Waals surface area contributed by atoms with E-state index in [9.17, 15) is 26.7 Å². The van der Waals surface area contributed by atoms with Gasteiger partial charge in [-0.05, 0) is 18.2 Å². The van der Waals surface area contributed by atoms with Gasteiger partial charge < -0.3 is 4.74 Å². The largest absolute Gasteiger partial charge is 0.439 e. The fourth-order valence-corrected chi connectivity index (χ4v) is 1.79. The molecule has 118 valence electrons. The zero-order valence-corrected chi connectivity index (χ0v) is 11.1. The number of aldehydes is 1. The van der Waals surface area contributed by atoms with Crippen LogP contribution in [0, 0.1) is 0 Å². The Bertz CT molecular complexity index is 694. The van der Waals surface area contributed by atoms with Gasteiger partial charge in [-0.2, -0.15) is 18.3 Å². The molecule has 2 aromatic rings. The summed E-state index contributed by atoms with van der Waals surface area (Å²) in [6, 6.07) is 3.84. The van der Waals surface area contributed by atoms with Crippen molar-refractivity contribution in [3.8, 4) is 11.6 Å². The SMILES string of the molecule is Cn1nc(C(F)F)c(C=O)c1Oc1cccc(C(F)(F)F)c1. The summed E-state index contributed by atoms with van der Waals surface area (Å²) >= 11 is 0. The predicted octanol–water partition coefficient (Wildman–Crippen LogP) is 3.98. The standard InChI is InChI=1S/C13H9F5N2O2/c1-20-12(9(6-21)10(19-20)11(14)15)22-8-4-2-3-7(5-8)13(16,17)18/h2-6,11H,1H3. The van der Waals surface area contributed by atoms with Crippen LogP contribution in [0.2, 0.25) is 0 Å². The van der Waals surface area contributed by atoms with E-state index in [0.717, 1.165) is 16.8 Å². The number of nitrogens with zero attached hydrogens (tertiary/aromatic N) is 2. The van der Waals surface area contributed by atoms with E-state index >= 15 is 0 Å². The normalized spacial score (nSPS) is 11.8. The van der Waals surface area contributed by atoms with E-state index in [-0.39, 0.29) is 17.9 Å². The van der Waals surface area contributed by atoms with Crippen LogP contribution in [0.25, 0.3) is 0 Å². The summed E-state index contributed by atoms with van der Waals surface area (Å²) in [6.07, 6.45) is -7.46. The second kappa shape index (κ2) is 5.74. The molecule has 22 heavy (non-hydrogen) atoms. The first-order valence-corrected chi connectivity index (χ1v) is 5.89. The molecule has 1 aromatic carbocycles. The number of aromatic nitrogens is 2. The van der Waals surface area contributed by atoms with Crippen molar-refractivity contribution in [1.82, 2.24) is 9.78 Å². The molecule has 0 atom stereocenters. The Labute approximate surface area is 121 Å². The molecular weight excluding hydrogens is 311 g/mol. The number of carbonyl (C=O) groups is 1. The van der Waals surface area contributed by atoms with Crippen molar-refractivity contribution in [1.29, 1.82) is 0 Å². The highest BCUT2D eigenvalue weighted by molar-refractivity contribution is 5.80. The minimum atomic E-state index is -4.58. The van der Waals surface area contributed by atoms with Crippen LogP contribution in [0.4, 0.5) is 22.0 Å². The maximum atomic E-state index is 12.7. The summed E-state index contributed by atoms with van der Waals surface area (Å²) in [5, 5.41) is 3.44. The third-order valence-electron chi connectivity index (χ3n) is 2.76. The van der Waals surface area contributed by atoms with Gasteiger partial charge >= 0.3 is 6.18 Å². The van der Waals surface area contributed by atoms with Gasteiger partial charge in [0.2, 0.25) is 5.88 Å². The quantitative estimate of drug-likeness (QED) is 0.632. The van der Waals surface area contributed by atoms with Crippen molar-refractivity contribution in [2.24, 2.45) is 7.05 Å². The van der Waals surface area contributed by atoms with Crippen LogP contribution in [0.5, 0.6) is 11.6 Å². The Hall–Kier alpha value is -2.45. The number of hydrogen-bond donors (Lipinski definition) is 0. The molecule has 0 saturated carbocycles. The Morgan fingerprint density at radius 2 is 2.00 bits per heavy atom. The topological polar surface area (TPSA) is 44.1 Å².